The first-order valence-corrected chi connectivity index (χ1v) is 39.0. The third-order valence-corrected chi connectivity index (χ3v) is 24.3. The maximum atomic E-state index is 13.7. The summed E-state index contributed by atoms with van der Waals surface area (Å²) >= 11 is 0. The maximum Gasteiger partial charge on any atom is 0.418 e. The minimum Gasteiger partial charge on any atom is -0.457 e. The molecule has 28 N–H and O–H groups in total. The van der Waals surface area contributed by atoms with E-state index in [0.717, 1.165) is 162 Å². The summed E-state index contributed by atoms with van der Waals surface area (Å²) in [6.07, 6.45) is -15.7. The van der Waals surface area contributed by atoms with Crippen molar-refractivity contribution >= 4 is 108 Å². The first kappa shape index (κ1) is 90.2. The molecule has 0 bridgehead atoms. The Hall–Kier alpha value is -14.3. The van der Waals surface area contributed by atoms with E-state index in [4.69, 9.17) is 85.0 Å². The van der Waals surface area contributed by atoms with E-state index in [-0.39, 0.29) is 22.7 Å². The highest BCUT2D eigenvalue weighted by atomic mass is 28.3. The van der Waals surface area contributed by atoms with Gasteiger partial charge in [0.25, 0.3) is 0 Å². The maximum absolute atomic E-state index is 13.7. The average Bonchev–Trinajstić information content (AvgIpc) is 0.739. The fraction of sp³-hybridized carbons (Fsp3) is 0.106. The van der Waals surface area contributed by atoms with Crippen molar-refractivity contribution in [2.75, 3.05) is 80.3 Å². The fourth-order valence-corrected chi connectivity index (χ4v) is 17.5. The summed E-state index contributed by atoms with van der Waals surface area (Å²) in [6, 6.07) is 91.5. The van der Waals surface area contributed by atoms with Crippen LogP contribution < -0.4 is 106 Å². The zero-order valence-corrected chi connectivity index (χ0v) is 67.3. The van der Waals surface area contributed by atoms with E-state index in [1.165, 1.54) is 37.9 Å². The second-order valence-electron chi connectivity index (χ2n) is 28.1. The van der Waals surface area contributed by atoms with Gasteiger partial charge in [-0.05, 0) is 287 Å². The van der Waals surface area contributed by atoms with Crippen LogP contribution in [0.2, 0.25) is 0 Å². The number of nitrogens with two attached hydrogens (primary N) is 14. The normalized spacial score (nSPS) is 11.1. The Bertz CT molecular complexity index is 5300. The molecule has 0 aliphatic heterocycles. The van der Waals surface area contributed by atoms with Gasteiger partial charge < -0.3 is 85.0 Å². The Kier molecular flexibility index (Phi) is 29.8. The Morgan fingerprint density at radius 3 is 0.807 bits per heavy atom. The van der Waals surface area contributed by atoms with Crippen LogP contribution in [0.4, 0.5) is 119 Å². The van der Waals surface area contributed by atoms with Crippen molar-refractivity contribution in [1.82, 2.24) is 0 Å². The molecule has 0 aliphatic carbocycles. The van der Waals surface area contributed by atoms with Gasteiger partial charge in [-0.2, -0.15) is 39.5 Å². The number of ether oxygens (including phenoxy) is 1. The summed E-state index contributed by atoms with van der Waals surface area (Å²) < 4.78 is 124. The summed E-state index contributed by atoms with van der Waals surface area (Å²) in [5, 5.41) is 5.29. The van der Waals surface area contributed by atoms with E-state index in [1.807, 2.05) is 162 Å². The SMILES string of the molecule is Cc1cc(-c2ccc(N)c(C)c2)ccc1N.Cc1cc(C)c(N)c(C)c1N.Cc1cc(N)c(C(F)(F)F)cc1N.Nc1ccc(-c2ccc(N)cc2)cc1.Nc1ccc(C(c2ccc(N)cc2)(C(F)(F)F)C(F)(F)F)cc1.Nc1ccc(Oc2ccc(N)cc2)cc1.Nc1ccc([Si](c2ccccc2)(c2ccccc2)c2ccc(N)cc2)cc1. The average molecular weight is 1640 g/mol. The second-order valence-corrected chi connectivity index (χ2v) is 31.9. The molecule has 14 rings (SSSR count). The van der Waals surface area contributed by atoms with Crippen LogP contribution in [0.3, 0.4) is 0 Å². The van der Waals surface area contributed by atoms with E-state index in [1.54, 1.807) is 31.2 Å². The molecule has 616 valence electrons. The molecule has 0 saturated heterocycles. The third kappa shape index (κ3) is 23.0. The first-order valence-electron chi connectivity index (χ1n) is 37.0. The summed E-state index contributed by atoms with van der Waals surface area (Å²) in [7, 11) is -2.46. The van der Waals surface area contributed by atoms with E-state index < -0.39 is 48.7 Å². The minimum atomic E-state index is -5.61. The van der Waals surface area contributed by atoms with Crippen molar-refractivity contribution in [1.29, 1.82) is 0 Å². The van der Waals surface area contributed by atoms with Crippen molar-refractivity contribution in [3.63, 3.8) is 0 Å². The molecule has 0 amide bonds. The molecular formula is C94H97F9N14OSi. The van der Waals surface area contributed by atoms with Gasteiger partial charge in [-0.25, -0.2) is 0 Å². The summed E-state index contributed by atoms with van der Waals surface area (Å²) in [4.78, 5) is 0. The number of benzene rings is 14. The molecular weight excluding hydrogens is 1540 g/mol. The van der Waals surface area contributed by atoms with Gasteiger partial charge in [0.15, 0.2) is 8.07 Å². The molecule has 14 aromatic carbocycles. The molecule has 15 nitrogen and oxygen atoms in total. The van der Waals surface area contributed by atoms with Crippen LogP contribution in [0.15, 0.2) is 309 Å². The fourth-order valence-electron chi connectivity index (χ4n) is 12.8. The number of hydrogen-bond acceptors (Lipinski definition) is 15. The molecule has 0 aromatic heterocycles. The Morgan fingerprint density at radius 1 is 0.244 bits per heavy atom. The molecule has 0 radical (unpaired) electrons. The zero-order valence-electron chi connectivity index (χ0n) is 66.3. The van der Waals surface area contributed by atoms with Crippen molar-refractivity contribution in [3.05, 3.63) is 359 Å². The van der Waals surface area contributed by atoms with Gasteiger partial charge in [0.05, 0.1) is 5.56 Å². The number of hydrogen-bond donors (Lipinski definition) is 14. The lowest BCUT2D eigenvalue weighted by molar-refractivity contribution is -0.288. The van der Waals surface area contributed by atoms with E-state index >= 15 is 0 Å². The number of nitrogen functional groups attached to an aromatic ring is 14. The lowest BCUT2D eigenvalue weighted by atomic mass is 9.73. The number of aryl methyl sites for hydroxylation is 5. The largest absolute Gasteiger partial charge is 0.457 e. The van der Waals surface area contributed by atoms with Gasteiger partial charge in [0.2, 0.25) is 5.41 Å². The Balaban J connectivity index is 0.000000177. The standard InChI is InChI=1S/C24H22N2Si.C15H12F6N2.C14H16N2.C12H12N2O.C12H12N2.C9H14N2.C8H9F3N2/c25-19-11-15-23(16-12-19)27(21-7-3-1-4-8-21,22-9-5-2-6-10-22)24-17-13-20(26)14-18-24;16-14(17,18)13(15(19,20)21,9-1-5-11(22)6-2-9)10-3-7-12(23)8-4-10;1-9-7-11(3-5-13(9)15)12-4-6-14(16)10(2)8-12;13-9-1-5-11(6-2-9)15-12-7-3-10(14)4-8-12;13-11-5-1-9(2-6-11)10-3-7-12(14)8-4-10;1-5-4-6(2)9(11)7(3)8(5)10;1-4-2-7(13)5(3-6(4)12)8(9,10)11/h1-18H,25-26H2;1-8H,22-23H2;3-8H,15-16H2,1-2H3;1-8H,13-14H2;1-8H,13-14H2;4H,10-11H2,1-3H3;2-3H,12-13H2,1H3. The molecule has 0 unspecified atom stereocenters. The van der Waals surface area contributed by atoms with E-state index in [2.05, 4.69) is 97.1 Å². The van der Waals surface area contributed by atoms with Crippen LogP contribution in [0.25, 0.3) is 22.3 Å². The van der Waals surface area contributed by atoms with Crippen LogP contribution in [-0.4, -0.2) is 20.4 Å². The number of rotatable bonds is 10. The molecule has 0 heterocycles. The molecule has 0 spiro atoms. The summed E-state index contributed by atoms with van der Waals surface area (Å²) in [6.45, 7) is 11.6. The predicted molar refractivity (Wildman–Crippen MR) is 481 cm³/mol. The van der Waals surface area contributed by atoms with Crippen LogP contribution in [0.1, 0.15) is 50.1 Å². The zero-order chi connectivity index (χ0) is 87.3. The molecule has 0 aliphatic rings. The molecule has 0 saturated carbocycles. The van der Waals surface area contributed by atoms with Crippen LogP contribution in [-0.2, 0) is 11.6 Å². The van der Waals surface area contributed by atoms with Gasteiger partial charge in [-0.15, -0.1) is 0 Å². The minimum absolute atomic E-state index is 0.0595. The molecule has 119 heavy (non-hydrogen) atoms. The van der Waals surface area contributed by atoms with Gasteiger partial charge in [-0.3, -0.25) is 0 Å². The van der Waals surface area contributed by atoms with Gasteiger partial charge in [-0.1, -0.05) is 152 Å². The molecule has 0 atom stereocenters. The predicted octanol–water partition coefficient (Wildman–Crippen LogP) is 18.7. The van der Waals surface area contributed by atoms with Gasteiger partial charge in [0.1, 0.15) is 11.5 Å². The van der Waals surface area contributed by atoms with Crippen molar-refractivity contribution in [3.8, 4) is 33.8 Å². The number of alkyl halides is 9. The lowest BCUT2D eigenvalue weighted by Crippen LogP contribution is -2.74. The lowest BCUT2D eigenvalue weighted by Gasteiger charge is -2.38. The van der Waals surface area contributed by atoms with E-state index in [9.17, 15) is 39.5 Å². The van der Waals surface area contributed by atoms with Crippen LogP contribution >= 0.6 is 0 Å². The first-order chi connectivity index (χ1) is 56.1. The van der Waals surface area contributed by atoms with Crippen molar-refractivity contribution < 1.29 is 44.3 Å². The third-order valence-electron chi connectivity index (χ3n) is 19.5. The number of halogens is 9. The Labute approximate surface area is 688 Å². The molecule has 14 aromatic rings. The highest BCUT2D eigenvalue weighted by molar-refractivity contribution is 7.19. The summed E-state index contributed by atoms with van der Waals surface area (Å²) in [5.74, 6) is 1.52. The molecule has 25 heteroatoms. The van der Waals surface area contributed by atoms with Crippen molar-refractivity contribution in [2.45, 2.75) is 65.5 Å². The van der Waals surface area contributed by atoms with Crippen molar-refractivity contribution in [2.24, 2.45) is 0 Å². The second kappa shape index (κ2) is 39.3. The van der Waals surface area contributed by atoms with Gasteiger partial charge in [0, 0.05) is 79.6 Å². The molecule has 0 fully saturated rings. The van der Waals surface area contributed by atoms with Gasteiger partial charge >= 0.3 is 18.5 Å². The van der Waals surface area contributed by atoms with Crippen LogP contribution in [0.5, 0.6) is 11.5 Å². The Morgan fingerprint density at radius 2 is 0.513 bits per heavy atom. The number of anilines is 14. The summed E-state index contributed by atoms with van der Waals surface area (Å²) in [5.41, 5.74) is 90.2. The topological polar surface area (TPSA) is 374 Å². The highest BCUT2D eigenvalue weighted by Gasteiger charge is 2.72. The highest BCUT2D eigenvalue weighted by Crippen LogP contribution is 2.56. The van der Waals surface area contributed by atoms with E-state index in [0.29, 0.717) is 5.56 Å². The monoisotopic (exact) mass is 1640 g/mol. The quantitative estimate of drug-likeness (QED) is 0.0262. The van der Waals surface area contributed by atoms with Crippen LogP contribution in [0, 0.1) is 41.5 Å². The smallest absolute Gasteiger partial charge is 0.418 e.